The van der Waals surface area contributed by atoms with Crippen LogP contribution < -0.4 is 9.64 Å². The van der Waals surface area contributed by atoms with Gasteiger partial charge in [0.05, 0.1) is 7.11 Å². The summed E-state index contributed by atoms with van der Waals surface area (Å²) in [4.78, 5) is 5.87. The topological polar surface area (TPSA) is 28.3 Å². The van der Waals surface area contributed by atoms with E-state index >= 15 is 0 Å². The maximum atomic E-state index is 5.39. The van der Waals surface area contributed by atoms with Crippen molar-refractivity contribution in [3.8, 4) is 5.75 Å². The van der Waals surface area contributed by atoms with E-state index in [1.54, 1.807) is 7.11 Å². The zero-order valence-electron chi connectivity index (χ0n) is 17.4. The first-order valence-corrected chi connectivity index (χ1v) is 10.7. The number of nitrogens with one attached hydrogen (secondary N) is 1. The summed E-state index contributed by atoms with van der Waals surface area (Å²) in [5.41, 5.74) is 6.28. The predicted molar refractivity (Wildman–Crippen MR) is 125 cm³/mol. The minimum atomic E-state index is 0.882. The molecule has 0 fully saturated rings. The fraction of sp³-hybridized carbons (Fsp3) is 0.308. The number of methoxy groups -OCH3 is 1. The molecular weight excluding hydrogens is 356 g/mol. The number of anilines is 1. The lowest BCUT2D eigenvalue weighted by Crippen LogP contribution is -2.28. The minimum Gasteiger partial charge on any atom is -0.497 e. The molecule has 1 aliphatic heterocycles. The summed E-state index contributed by atoms with van der Waals surface area (Å²) in [7, 11) is 1.71. The number of fused-ring (bicyclic) bond motifs is 2. The molecule has 3 aromatic rings. The SMILES string of the molecule is CCCCCCN1CC=C(/C=C/c2c[nH]c3ccc(OC)cc23)c2ccccc21. The summed E-state index contributed by atoms with van der Waals surface area (Å²) < 4.78 is 5.39. The number of H-pyrrole nitrogens is 1. The number of aromatic nitrogens is 1. The van der Waals surface area contributed by atoms with Crippen molar-refractivity contribution < 1.29 is 4.74 Å². The Kier molecular flexibility index (Phi) is 6.04. The van der Waals surface area contributed by atoms with Gasteiger partial charge in [-0.2, -0.15) is 0 Å². The molecule has 0 saturated carbocycles. The quantitative estimate of drug-likeness (QED) is 0.438. The lowest BCUT2D eigenvalue weighted by atomic mass is 9.97. The third-order valence-corrected chi connectivity index (χ3v) is 5.73. The highest BCUT2D eigenvalue weighted by atomic mass is 16.5. The fourth-order valence-corrected chi connectivity index (χ4v) is 4.08. The van der Waals surface area contributed by atoms with Crippen LogP contribution in [0.15, 0.2) is 60.8 Å². The van der Waals surface area contributed by atoms with Gasteiger partial charge in [0.2, 0.25) is 0 Å². The Hall–Kier alpha value is -2.94. The number of rotatable bonds is 8. The molecule has 0 spiro atoms. The van der Waals surface area contributed by atoms with E-state index < -0.39 is 0 Å². The van der Waals surface area contributed by atoms with Crippen molar-refractivity contribution in [2.75, 3.05) is 25.1 Å². The Labute approximate surface area is 173 Å². The number of para-hydroxylation sites is 1. The van der Waals surface area contributed by atoms with Crippen molar-refractivity contribution in [2.45, 2.75) is 32.6 Å². The Bertz CT molecular complexity index is 1030. The fourth-order valence-electron chi connectivity index (χ4n) is 4.08. The van der Waals surface area contributed by atoms with Crippen LogP contribution in [0.5, 0.6) is 5.75 Å². The predicted octanol–water partition coefficient (Wildman–Crippen LogP) is 6.67. The molecule has 0 bridgehead atoms. The van der Waals surface area contributed by atoms with Gasteiger partial charge in [0.25, 0.3) is 0 Å². The largest absolute Gasteiger partial charge is 0.497 e. The van der Waals surface area contributed by atoms with E-state index in [1.165, 1.54) is 53.5 Å². The molecule has 0 unspecified atom stereocenters. The van der Waals surface area contributed by atoms with E-state index in [1.807, 2.05) is 6.07 Å². The molecule has 3 nitrogen and oxygen atoms in total. The van der Waals surface area contributed by atoms with Crippen LogP contribution in [0.1, 0.15) is 43.7 Å². The number of benzene rings is 2. The van der Waals surface area contributed by atoms with Crippen LogP contribution >= 0.6 is 0 Å². The first kappa shape index (κ1) is 19.4. The smallest absolute Gasteiger partial charge is 0.119 e. The van der Waals surface area contributed by atoms with E-state index in [0.717, 1.165) is 24.4 Å². The molecule has 1 aliphatic rings. The van der Waals surface area contributed by atoms with Gasteiger partial charge in [0, 0.05) is 41.4 Å². The third kappa shape index (κ3) is 4.24. The van der Waals surface area contributed by atoms with Gasteiger partial charge < -0.3 is 14.6 Å². The van der Waals surface area contributed by atoms with Crippen molar-refractivity contribution in [1.82, 2.24) is 4.98 Å². The van der Waals surface area contributed by atoms with Crippen LogP contribution in [-0.4, -0.2) is 25.2 Å². The van der Waals surface area contributed by atoms with Crippen LogP contribution in [0.4, 0.5) is 5.69 Å². The first-order valence-electron chi connectivity index (χ1n) is 10.7. The molecule has 2 heterocycles. The summed E-state index contributed by atoms with van der Waals surface area (Å²) in [6.07, 6.45) is 14.1. The second-order valence-corrected chi connectivity index (χ2v) is 7.67. The van der Waals surface area contributed by atoms with Crippen LogP contribution in [0.2, 0.25) is 0 Å². The number of unbranched alkanes of at least 4 members (excludes halogenated alkanes) is 3. The Morgan fingerprint density at radius 1 is 1.07 bits per heavy atom. The zero-order chi connectivity index (χ0) is 20.1. The van der Waals surface area contributed by atoms with Gasteiger partial charge in [-0.15, -0.1) is 0 Å². The maximum Gasteiger partial charge on any atom is 0.119 e. The van der Waals surface area contributed by atoms with Crippen molar-refractivity contribution in [3.63, 3.8) is 0 Å². The monoisotopic (exact) mass is 386 g/mol. The maximum absolute atomic E-state index is 5.39. The van der Waals surface area contributed by atoms with Crippen LogP contribution in [0.25, 0.3) is 22.6 Å². The highest BCUT2D eigenvalue weighted by Gasteiger charge is 2.16. The van der Waals surface area contributed by atoms with E-state index in [9.17, 15) is 0 Å². The average molecular weight is 387 g/mol. The minimum absolute atomic E-state index is 0.882. The van der Waals surface area contributed by atoms with E-state index in [-0.39, 0.29) is 0 Å². The standard InChI is InChI=1S/C26H30N2O/c1-3-4-5-8-16-28-17-15-20(23-9-6-7-10-26(23)28)11-12-21-19-27-25-14-13-22(29-2)18-24(21)25/h6-7,9-15,18-19,27H,3-5,8,16-17H2,1-2H3/b12-11+. The highest BCUT2D eigenvalue weighted by Crippen LogP contribution is 2.33. The molecule has 1 aromatic heterocycles. The molecule has 0 aliphatic carbocycles. The van der Waals surface area contributed by atoms with E-state index in [2.05, 4.69) is 77.6 Å². The number of hydrogen-bond donors (Lipinski definition) is 1. The lowest BCUT2D eigenvalue weighted by Gasteiger charge is -2.30. The van der Waals surface area contributed by atoms with E-state index in [0.29, 0.717) is 0 Å². The van der Waals surface area contributed by atoms with Crippen molar-refractivity contribution in [2.24, 2.45) is 0 Å². The van der Waals surface area contributed by atoms with Gasteiger partial charge in [-0.1, -0.05) is 62.6 Å². The zero-order valence-corrected chi connectivity index (χ0v) is 17.4. The average Bonchev–Trinajstić information content (AvgIpc) is 3.18. The van der Waals surface area contributed by atoms with Crippen molar-refractivity contribution >= 4 is 28.2 Å². The van der Waals surface area contributed by atoms with Gasteiger partial charge in [0.15, 0.2) is 0 Å². The summed E-state index contributed by atoms with van der Waals surface area (Å²) >= 11 is 0. The molecule has 0 atom stereocenters. The summed E-state index contributed by atoms with van der Waals surface area (Å²) in [5.74, 6) is 0.882. The molecule has 3 heteroatoms. The number of nitrogens with zero attached hydrogens (tertiary/aromatic N) is 1. The summed E-state index contributed by atoms with van der Waals surface area (Å²) in [6, 6.07) is 14.9. The molecule has 0 saturated heterocycles. The third-order valence-electron chi connectivity index (χ3n) is 5.73. The van der Waals surface area contributed by atoms with Gasteiger partial charge in [-0.3, -0.25) is 0 Å². The second kappa shape index (κ2) is 9.04. The van der Waals surface area contributed by atoms with Gasteiger partial charge in [0.1, 0.15) is 5.75 Å². The van der Waals surface area contributed by atoms with Gasteiger partial charge in [-0.25, -0.2) is 0 Å². The lowest BCUT2D eigenvalue weighted by molar-refractivity contribution is 0.415. The molecule has 0 amide bonds. The van der Waals surface area contributed by atoms with E-state index in [4.69, 9.17) is 4.74 Å². The molecule has 1 N–H and O–H groups in total. The first-order chi connectivity index (χ1) is 14.3. The molecule has 2 aromatic carbocycles. The molecule has 150 valence electrons. The number of ether oxygens (including phenoxy) is 1. The van der Waals surface area contributed by atoms with Gasteiger partial charge in [-0.05, 0) is 41.8 Å². The Morgan fingerprint density at radius 3 is 2.83 bits per heavy atom. The number of allylic oxidation sites excluding steroid dienone is 2. The van der Waals surface area contributed by atoms with Crippen molar-refractivity contribution in [1.29, 1.82) is 0 Å². The summed E-state index contributed by atoms with van der Waals surface area (Å²) in [6.45, 7) is 4.37. The Balaban J connectivity index is 1.56. The van der Waals surface area contributed by atoms with Crippen molar-refractivity contribution in [3.05, 3.63) is 71.9 Å². The van der Waals surface area contributed by atoms with Crippen LogP contribution in [0.3, 0.4) is 0 Å². The second-order valence-electron chi connectivity index (χ2n) is 7.67. The van der Waals surface area contributed by atoms with Crippen LogP contribution in [0, 0.1) is 0 Å². The van der Waals surface area contributed by atoms with Gasteiger partial charge >= 0.3 is 0 Å². The molecule has 0 radical (unpaired) electrons. The highest BCUT2D eigenvalue weighted by molar-refractivity contribution is 5.93. The normalized spacial score (nSPS) is 13.7. The molecule has 4 rings (SSSR count). The number of hydrogen-bond acceptors (Lipinski definition) is 2. The van der Waals surface area contributed by atoms with Crippen LogP contribution in [-0.2, 0) is 0 Å². The Morgan fingerprint density at radius 2 is 1.97 bits per heavy atom. The number of aromatic amines is 1. The molecular formula is C26H30N2O. The summed E-state index contributed by atoms with van der Waals surface area (Å²) in [5, 5.41) is 1.18. The molecule has 29 heavy (non-hydrogen) atoms.